The van der Waals surface area contributed by atoms with Crippen molar-refractivity contribution in [3.8, 4) is 0 Å². The van der Waals surface area contributed by atoms with E-state index in [1.165, 1.54) is 0 Å². The highest BCUT2D eigenvalue weighted by molar-refractivity contribution is 5.00. The van der Waals surface area contributed by atoms with Gasteiger partial charge in [0, 0.05) is 16.8 Å². The highest BCUT2D eigenvalue weighted by atomic mass is 16.7. The molecule has 0 bridgehead atoms. The molecule has 1 heterocycles. The van der Waals surface area contributed by atoms with Crippen LogP contribution in [0.25, 0.3) is 0 Å². The maximum atomic E-state index is 10.6. The average Bonchev–Trinajstić information content (AvgIpc) is 2.83. The van der Waals surface area contributed by atoms with Gasteiger partial charge >= 0.3 is 0 Å². The number of ether oxygens (including phenoxy) is 2. The lowest BCUT2D eigenvalue weighted by Crippen LogP contribution is -2.45. The molecule has 1 saturated heterocycles. The second kappa shape index (κ2) is 4.53. The van der Waals surface area contributed by atoms with E-state index in [0.717, 1.165) is 19.3 Å². The van der Waals surface area contributed by atoms with Crippen molar-refractivity contribution in [3.63, 3.8) is 0 Å². The van der Waals surface area contributed by atoms with Crippen LogP contribution in [0.1, 0.15) is 39.5 Å². The third kappa shape index (κ3) is 2.18. The molecule has 0 amide bonds. The van der Waals surface area contributed by atoms with Gasteiger partial charge in [-0.3, -0.25) is 10.1 Å². The summed E-state index contributed by atoms with van der Waals surface area (Å²) in [4.78, 5) is 10.4. The Morgan fingerprint density at radius 2 is 1.94 bits per heavy atom. The molecule has 5 nitrogen and oxygen atoms in total. The van der Waals surface area contributed by atoms with Crippen molar-refractivity contribution in [2.75, 3.05) is 19.8 Å². The summed E-state index contributed by atoms with van der Waals surface area (Å²) in [6, 6.07) is 0. The van der Waals surface area contributed by atoms with E-state index in [1.807, 2.05) is 0 Å². The molecule has 1 aliphatic heterocycles. The Kier molecular flexibility index (Phi) is 3.41. The zero-order chi connectivity index (χ0) is 12.5. The van der Waals surface area contributed by atoms with Gasteiger partial charge < -0.3 is 9.47 Å². The van der Waals surface area contributed by atoms with Crippen molar-refractivity contribution in [2.45, 2.75) is 45.8 Å². The van der Waals surface area contributed by atoms with Crippen LogP contribution in [0.3, 0.4) is 0 Å². The first-order chi connectivity index (χ1) is 7.98. The highest BCUT2D eigenvalue weighted by Crippen LogP contribution is 2.58. The Morgan fingerprint density at radius 1 is 1.29 bits per heavy atom. The Balaban J connectivity index is 2.18. The molecule has 0 spiro atoms. The summed E-state index contributed by atoms with van der Waals surface area (Å²) in [6.45, 7) is 5.60. The largest absolute Gasteiger partial charge is 0.350 e. The number of nitro groups is 1. The normalized spacial score (nSPS) is 33.1. The summed E-state index contributed by atoms with van der Waals surface area (Å²) in [5.74, 6) is 0. The summed E-state index contributed by atoms with van der Waals surface area (Å²) in [5.41, 5.74) is -0.130. The summed E-state index contributed by atoms with van der Waals surface area (Å²) in [7, 11) is 0. The number of hydrogen-bond donors (Lipinski definition) is 0. The van der Waals surface area contributed by atoms with E-state index in [4.69, 9.17) is 9.47 Å². The summed E-state index contributed by atoms with van der Waals surface area (Å²) in [6.07, 6.45) is 3.47. The Labute approximate surface area is 102 Å². The van der Waals surface area contributed by atoms with Gasteiger partial charge in [-0.1, -0.05) is 20.3 Å². The van der Waals surface area contributed by atoms with Crippen molar-refractivity contribution >= 4 is 0 Å². The van der Waals surface area contributed by atoms with Crippen LogP contribution in [0.5, 0.6) is 0 Å². The van der Waals surface area contributed by atoms with Crippen LogP contribution in [-0.4, -0.2) is 31.0 Å². The first-order valence-electron chi connectivity index (χ1n) is 6.33. The molecule has 1 saturated carbocycles. The van der Waals surface area contributed by atoms with Crippen LogP contribution >= 0.6 is 0 Å². The fourth-order valence-electron chi connectivity index (χ4n) is 3.42. The average molecular weight is 243 g/mol. The van der Waals surface area contributed by atoms with Crippen LogP contribution in [0, 0.1) is 20.9 Å². The zero-order valence-electron chi connectivity index (χ0n) is 10.6. The topological polar surface area (TPSA) is 61.6 Å². The van der Waals surface area contributed by atoms with E-state index in [0.29, 0.717) is 19.6 Å². The van der Waals surface area contributed by atoms with Crippen molar-refractivity contribution in [2.24, 2.45) is 10.8 Å². The molecule has 1 atom stereocenters. The van der Waals surface area contributed by atoms with Gasteiger partial charge in [0.1, 0.15) is 0 Å². The lowest BCUT2D eigenvalue weighted by Gasteiger charge is -2.43. The molecule has 0 radical (unpaired) electrons. The molecule has 2 fully saturated rings. The lowest BCUT2D eigenvalue weighted by atomic mass is 9.65. The monoisotopic (exact) mass is 243 g/mol. The minimum atomic E-state index is -0.250. The van der Waals surface area contributed by atoms with Gasteiger partial charge in [0.05, 0.1) is 13.2 Å². The fourth-order valence-corrected chi connectivity index (χ4v) is 3.42. The van der Waals surface area contributed by atoms with Gasteiger partial charge in [0.15, 0.2) is 6.29 Å². The van der Waals surface area contributed by atoms with Crippen LogP contribution in [0.2, 0.25) is 0 Å². The molecule has 0 unspecified atom stereocenters. The third-order valence-corrected chi connectivity index (χ3v) is 4.59. The van der Waals surface area contributed by atoms with Gasteiger partial charge in [0.25, 0.3) is 0 Å². The number of hydrogen-bond acceptors (Lipinski definition) is 4. The molecule has 0 aromatic rings. The molecule has 0 N–H and O–H groups in total. The van der Waals surface area contributed by atoms with Crippen LogP contribution in [-0.2, 0) is 9.47 Å². The molecule has 98 valence electrons. The number of nitrogens with zero attached hydrogens (tertiary/aromatic N) is 1. The maximum Gasteiger partial charge on any atom is 0.204 e. The molecule has 2 aliphatic rings. The van der Waals surface area contributed by atoms with Gasteiger partial charge in [-0.05, 0) is 18.3 Å². The standard InChI is InChI=1S/C12H21NO4/c1-11(2)4-3-5-12(11,6-7-13(14)15)10-16-8-9-17-10/h10H,3-9H2,1-2H3/t12-/m1/s1. The zero-order valence-corrected chi connectivity index (χ0v) is 10.6. The van der Waals surface area contributed by atoms with Crippen molar-refractivity contribution < 1.29 is 14.4 Å². The molecule has 5 heteroatoms. The van der Waals surface area contributed by atoms with E-state index in [-0.39, 0.29) is 28.6 Å². The number of rotatable bonds is 4. The predicted octanol–water partition coefficient (Wildman–Crippen LogP) is 2.22. The summed E-state index contributed by atoms with van der Waals surface area (Å²) < 4.78 is 11.3. The van der Waals surface area contributed by atoms with Gasteiger partial charge in [-0.2, -0.15) is 0 Å². The fraction of sp³-hybridized carbons (Fsp3) is 1.00. The van der Waals surface area contributed by atoms with E-state index in [2.05, 4.69) is 13.8 Å². The smallest absolute Gasteiger partial charge is 0.204 e. The van der Waals surface area contributed by atoms with E-state index < -0.39 is 0 Å². The predicted molar refractivity (Wildman–Crippen MR) is 62.2 cm³/mol. The second-order valence-corrected chi connectivity index (χ2v) is 5.77. The van der Waals surface area contributed by atoms with Crippen molar-refractivity contribution in [1.82, 2.24) is 0 Å². The molecule has 2 rings (SSSR count). The van der Waals surface area contributed by atoms with E-state index in [9.17, 15) is 10.1 Å². The van der Waals surface area contributed by atoms with Crippen LogP contribution in [0.15, 0.2) is 0 Å². The quantitative estimate of drug-likeness (QED) is 0.561. The maximum absolute atomic E-state index is 10.6. The first kappa shape index (κ1) is 12.8. The van der Waals surface area contributed by atoms with Crippen LogP contribution < -0.4 is 0 Å². The Bertz CT molecular complexity index is 299. The molecular formula is C12H21NO4. The minimum Gasteiger partial charge on any atom is -0.350 e. The van der Waals surface area contributed by atoms with Gasteiger partial charge in [-0.15, -0.1) is 0 Å². The Hall–Kier alpha value is -0.680. The molecular weight excluding hydrogens is 222 g/mol. The molecule has 0 aromatic carbocycles. The van der Waals surface area contributed by atoms with Crippen molar-refractivity contribution in [3.05, 3.63) is 10.1 Å². The minimum absolute atomic E-state index is 0.00660. The first-order valence-corrected chi connectivity index (χ1v) is 6.33. The molecule has 1 aliphatic carbocycles. The lowest BCUT2D eigenvalue weighted by molar-refractivity contribution is -0.485. The highest BCUT2D eigenvalue weighted by Gasteiger charge is 2.56. The molecule has 0 aromatic heterocycles. The summed E-state index contributed by atoms with van der Waals surface area (Å²) in [5, 5.41) is 10.6. The van der Waals surface area contributed by atoms with E-state index in [1.54, 1.807) is 0 Å². The Morgan fingerprint density at radius 3 is 2.41 bits per heavy atom. The third-order valence-electron chi connectivity index (χ3n) is 4.59. The van der Waals surface area contributed by atoms with Gasteiger partial charge in [-0.25, -0.2) is 0 Å². The summed E-state index contributed by atoms with van der Waals surface area (Å²) >= 11 is 0. The second-order valence-electron chi connectivity index (χ2n) is 5.77. The SMILES string of the molecule is CC1(C)CCC[C@@]1(CC[N+](=O)[O-])C1OCCO1. The van der Waals surface area contributed by atoms with E-state index >= 15 is 0 Å². The van der Waals surface area contributed by atoms with Gasteiger partial charge in [0.2, 0.25) is 6.54 Å². The van der Waals surface area contributed by atoms with Crippen molar-refractivity contribution in [1.29, 1.82) is 0 Å². The molecule has 17 heavy (non-hydrogen) atoms. The van der Waals surface area contributed by atoms with Crippen LogP contribution in [0.4, 0.5) is 0 Å².